The molecule has 3 heteroatoms. The first-order valence-corrected chi connectivity index (χ1v) is 3.66. The molecule has 0 aliphatic carbocycles. The van der Waals surface area contributed by atoms with Gasteiger partial charge in [-0.1, -0.05) is 6.07 Å². The van der Waals surface area contributed by atoms with Gasteiger partial charge in [0.25, 0.3) is 0 Å². The third-order valence-corrected chi connectivity index (χ3v) is 1.93. The molecule has 2 N–H and O–H groups in total. The van der Waals surface area contributed by atoms with Crippen LogP contribution in [-0.4, -0.2) is 6.72 Å². The molecule has 1 rings (SSSR count). The fraction of sp³-hybridized carbons (Fsp3) is 0.125. The topological polar surface area (TPSA) is 38.4 Å². The van der Waals surface area contributed by atoms with Crippen LogP contribution < -0.4 is 5.73 Å². The molecule has 0 aliphatic rings. The fourth-order valence-electron chi connectivity index (χ4n) is 0.864. The maximum Gasteiger partial charge on any atom is 0.0987 e. The van der Waals surface area contributed by atoms with Gasteiger partial charge in [0.05, 0.1) is 11.4 Å². The molecule has 0 spiro atoms. The summed E-state index contributed by atoms with van der Waals surface area (Å²) in [7, 11) is 0. The largest absolute Gasteiger partial charge is 0.397 e. The summed E-state index contributed by atoms with van der Waals surface area (Å²) in [4.78, 5) is 4.55. The zero-order valence-corrected chi connectivity index (χ0v) is 7.23. The third kappa shape index (κ3) is 1.38. The van der Waals surface area contributed by atoms with Crippen LogP contribution in [0.25, 0.3) is 0 Å². The van der Waals surface area contributed by atoms with Crippen molar-refractivity contribution in [1.82, 2.24) is 0 Å². The average molecular weight is 166 g/mol. The number of rotatable bonds is 1. The number of nitrogen functional groups attached to an aromatic ring is 1. The molecular weight excluding hydrogens is 156 g/mol. The van der Waals surface area contributed by atoms with Crippen molar-refractivity contribution in [2.24, 2.45) is 4.99 Å². The Labute approximate surface area is 71.6 Å². The minimum absolute atomic E-state index is 0.660. The van der Waals surface area contributed by atoms with Crippen LogP contribution in [0.3, 0.4) is 0 Å². The van der Waals surface area contributed by atoms with Crippen molar-refractivity contribution in [1.29, 1.82) is 0 Å². The number of hydrogen-bond acceptors (Lipinski definition) is 3. The molecule has 0 unspecified atom stereocenters. The Morgan fingerprint density at radius 3 is 2.64 bits per heavy atom. The summed E-state index contributed by atoms with van der Waals surface area (Å²) in [6.45, 7) is 5.34. The molecule has 11 heavy (non-hydrogen) atoms. The van der Waals surface area contributed by atoms with Crippen LogP contribution in [0, 0.1) is 6.92 Å². The van der Waals surface area contributed by atoms with Crippen LogP contribution in [0.1, 0.15) is 5.56 Å². The van der Waals surface area contributed by atoms with Crippen molar-refractivity contribution in [3.05, 3.63) is 17.7 Å². The number of aryl methyl sites for hydroxylation is 1. The molecule has 0 amide bonds. The number of benzene rings is 1. The predicted octanol–water partition coefficient (Wildman–Crippen LogP) is 2.20. The second-order valence-corrected chi connectivity index (χ2v) is 2.80. The van der Waals surface area contributed by atoms with Gasteiger partial charge in [0.2, 0.25) is 0 Å². The number of nitrogens with zero attached hydrogens (tertiary/aromatic N) is 1. The second kappa shape index (κ2) is 2.96. The number of hydrogen-bond donors (Lipinski definition) is 2. The van der Waals surface area contributed by atoms with E-state index in [0.29, 0.717) is 11.4 Å². The number of thiol groups is 1. The first-order chi connectivity index (χ1) is 5.16. The van der Waals surface area contributed by atoms with E-state index in [1.54, 1.807) is 0 Å². The summed E-state index contributed by atoms with van der Waals surface area (Å²) < 4.78 is 0. The van der Waals surface area contributed by atoms with E-state index in [1.807, 2.05) is 19.1 Å². The van der Waals surface area contributed by atoms with Crippen LogP contribution in [0.4, 0.5) is 11.4 Å². The van der Waals surface area contributed by atoms with Crippen LogP contribution in [0.2, 0.25) is 0 Å². The lowest BCUT2D eigenvalue weighted by Gasteiger charge is -2.05. The molecule has 0 radical (unpaired) electrons. The van der Waals surface area contributed by atoms with E-state index in [-0.39, 0.29) is 0 Å². The van der Waals surface area contributed by atoms with Crippen molar-refractivity contribution in [3.8, 4) is 0 Å². The highest BCUT2D eigenvalue weighted by Crippen LogP contribution is 2.31. The zero-order valence-electron chi connectivity index (χ0n) is 6.33. The average Bonchev–Trinajstić information content (AvgIpc) is 1.99. The first-order valence-electron chi connectivity index (χ1n) is 3.21. The van der Waals surface area contributed by atoms with E-state index in [4.69, 9.17) is 5.73 Å². The molecule has 0 aliphatic heterocycles. The lowest BCUT2D eigenvalue weighted by atomic mass is 10.2. The Morgan fingerprint density at radius 2 is 2.18 bits per heavy atom. The molecule has 0 saturated heterocycles. The standard InChI is InChI=1S/C8H10N2S/c1-5-3-4-6(11)8(10-2)7(5)9/h3-4,11H,2,9H2,1H3. The molecule has 0 atom stereocenters. The minimum atomic E-state index is 0.660. The van der Waals surface area contributed by atoms with E-state index in [0.717, 1.165) is 10.5 Å². The Bertz CT molecular complexity index is 294. The highest BCUT2D eigenvalue weighted by Gasteiger charge is 2.02. The normalized spacial score (nSPS) is 9.64. The Kier molecular flexibility index (Phi) is 2.19. The van der Waals surface area contributed by atoms with Crippen LogP contribution in [-0.2, 0) is 0 Å². The summed E-state index contributed by atoms with van der Waals surface area (Å²) in [5, 5.41) is 0. The molecule has 0 aromatic heterocycles. The highest BCUT2D eigenvalue weighted by molar-refractivity contribution is 7.80. The fourth-order valence-corrected chi connectivity index (χ4v) is 1.13. The van der Waals surface area contributed by atoms with Crippen molar-refractivity contribution in [3.63, 3.8) is 0 Å². The monoisotopic (exact) mass is 166 g/mol. The van der Waals surface area contributed by atoms with Crippen LogP contribution in [0.15, 0.2) is 22.0 Å². The molecule has 2 nitrogen and oxygen atoms in total. The van der Waals surface area contributed by atoms with Gasteiger partial charge >= 0.3 is 0 Å². The molecular formula is C8H10N2S. The van der Waals surface area contributed by atoms with E-state index in [9.17, 15) is 0 Å². The smallest absolute Gasteiger partial charge is 0.0987 e. The number of aliphatic imine (C=N–C) groups is 1. The molecule has 0 saturated carbocycles. The van der Waals surface area contributed by atoms with E-state index in [2.05, 4.69) is 24.3 Å². The summed E-state index contributed by atoms with van der Waals surface area (Å²) >= 11 is 4.18. The van der Waals surface area contributed by atoms with Crippen molar-refractivity contribution in [2.75, 3.05) is 5.73 Å². The molecule has 0 fully saturated rings. The predicted molar refractivity (Wildman–Crippen MR) is 52.1 cm³/mol. The SMILES string of the molecule is C=Nc1c(S)ccc(C)c1N. The summed E-state index contributed by atoms with van der Waals surface area (Å²) in [6.07, 6.45) is 0. The summed E-state index contributed by atoms with van der Waals surface area (Å²) in [5.41, 5.74) is 8.05. The maximum absolute atomic E-state index is 5.71. The van der Waals surface area contributed by atoms with Gasteiger partial charge in [-0.05, 0) is 25.3 Å². The lowest BCUT2D eigenvalue weighted by Crippen LogP contribution is -1.90. The third-order valence-electron chi connectivity index (χ3n) is 1.57. The van der Waals surface area contributed by atoms with E-state index >= 15 is 0 Å². The second-order valence-electron chi connectivity index (χ2n) is 2.32. The Morgan fingerprint density at radius 1 is 1.55 bits per heavy atom. The van der Waals surface area contributed by atoms with Gasteiger partial charge in [-0.3, -0.25) is 4.99 Å². The molecule has 1 aromatic rings. The number of nitrogens with two attached hydrogens (primary N) is 1. The minimum Gasteiger partial charge on any atom is -0.397 e. The number of anilines is 1. The van der Waals surface area contributed by atoms with Gasteiger partial charge in [-0.2, -0.15) is 0 Å². The molecule has 58 valence electrons. The van der Waals surface area contributed by atoms with Crippen molar-refractivity contribution < 1.29 is 0 Å². The van der Waals surface area contributed by atoms with Gasteiger partial charge in [0.15, 0.2) is 0 Å². The molecule has 0 heterocycles. The highest BCUT2D eigenvalue weighted by atomic mass is 32.1. The van der Waals surface area contributed by atoms with Gasteiger partial charge in [0, 0.05) is 4.90 Å². The van der Waals surface area contributed by atoms with Gasteiger partial charge in [0.1, 0.15) is 0 Å². The van der Waals surface area contributed by atoms with E-state index < -0.39 is 0 Å². The van der Waals surface area contributed by atoms with Crippen molar-refractivity contribution >= 4 is 30.7 Å². The van der Waals surface area contributed by atoms with Crippen molar-refractivity contribution in [2.45, 2.75) is 11.8 Å². The molecule has 1 aromatic carbocycles. The van der Waals surface area contributed by atoms with Gasteiger partial charge < -0.3 is 5.73 Å². The zero-order chi connectivity index (χ0) is 8.43. The lowest BCUT2D eigenvalue weighted by molar-refractivity contribution is 1.34. The summed E-state index contributed by atoms with van der Waals surface area (Å²) in [5.74, 6) is 0. The van der Waals surface area contributed by atoms with Crippen LogP contribution >= 0.6 is 12.6 Å². The molecule has 0 bridgehead atoms. The van der Waals surface area contributed by atoms with Gasteiger partial charge in [-0.15, -0.1) is 12.6 Å². The summed E-state index contributed by atoms with van der Waals surface area (Å²) in [6, 6.07) is 3.77. The van der Waals surface area contributed by atoms with E-state index in [1.165, 1.54) is 0 Å². The van der Waals surface area contributed by atoms with Crippen LogP contribution in [0.5, 0.6) is 0 Å². The quantitative estimate of drug-likeness (QED) is 0.374. The Hall–Kier alpha value is -0.960. The maximum atomic E-state index is 5.71. The van der Waals surface area contributed by atoms with Gasteiger partial charge in [-0.25, -0.2) is 0 Å². The Balaban J connectivity index is 3.40. The first kappa shape index (κ1) is 8.14.